The first-order valence-corrected chi connectivity index (χ1v) is 6.19. The fourth-order valence-electron chi connectivity index (χ4n) is 1.74. The number of hydrogen-bond donors (Lipinski definition) is 2. The van der Waals surface area contributed by atoms with Gasteiger partial charge in [-0.2, -0.15) is 4.98 Å². The first-order chi connectivity index (χ1) is 8.37. The van der Waals surface area contributed by atoms with Crippen molar-refractivity contribution >= 4 is 5.91 Å². The second kappa shape index (κ2) is 5.95. The SMILES string of the molecule is CCNC(=O)c1noc(C(CN)CC(C)(C)C)n1. The fourth-order valence-corrected chi connectivity index (χ4v) is 1.74. The van der Waals surface area contributed by atoms with Crippen molar-refractivity contribution in [1.82, 2.24) is 15.5 Å². The van der Waals surface area contributed by atoms with E-state index in [1.165, 1.54) is 0 Å². The van der Waals surface area contributed by atoms with Crippen LogP contribution < -0.4 is 11.1 Å². The van der Waals surface area contributed by atoms with Gasteiger partial charge in [0, 0.05) is 13.1 Å². The minimum Gasteiger partial charge on any atom is -0.349 e. The highest BCUT2D eigenvalue weighted by Crippen LogP contribution is 2.29. The smallest absolute Gasteiger partial charge is 0.292 e. The van der Waals surface area contributed by atoms with Gasteiger partial charge in [-0.05, 0) is 18.8 Å². The van der Waals surface area contributed by atoms with Crippen molar-refractivity contribution in [3.63, 3.8) is 0 Å². The van der Waals surface area contributed by atoms with Crippen LogP contribution in [0.15, 0.2) is 4.52 Å². The molecule has 1 aromatic rings. The Balaban J connectivity index is 2.79. The molecule has 6 nitrogen and oxygen atoms in total. The van der Waals surface area contributed by atoms with Crippen molar-refractivity contribution < 1.29 is 9.32 Å². The predicted molar refractivity (Wildman–Crippen MR) is 68.2 cm³/mol. The summed E-state index contributed by atoms with van der Waals surface area (Å²) in [5, 5.41) is 6.31. The quantitative estimate of drug-likeness (QED) is 0.826. The highest BCUT2D eigenvalue weighted by atomic mass is 16.5. The van der Waals surface area contributed by atoms with Crippen molar-refractivity contribution in [2.75, 3.05) is 13.1 Å². The molecule has 18 heavy (non-hydrogen) atoms. The van der Waals surface area contributed by atoms with E-state index in [4.69, 9.17) is 10.3 Å². The summed E-state index contributed by atoms with van der Waals surface area (Å²) in [6.07, 6.45) is 0.834. The van der Waals surface area contributed by atoms with Gasteiger partial charge < -0.3 is 15.6 Å². The molecule has 3 N–H and O–H groups in total. The molecule has 0 saturated carbocycles. The predicted octanol–water partition coefficient (Wildman–Crippen LogP) is 1.30. The molecule has 0 aliphatic carbocycles. The lowest BCUT2D eigenvalue weighted by Gasteiger charge is -2.22. The van der Waals surface area contributed by atoms with Crippen LogP contribution in [0.2, 0.25) is 0 Å². The zero-order chi connectivity index (χ0) is 13.8. The van der Waals surface area contributed by atoms with Crippen molar-refractivity contribution in [2.24, 2.45) is 11.1 Å². The van der Waals surface area contributed by atoms with Crippen LogP contribution in [0.25, 0.3) is 0 Å². The van der Waals surface area contributed by atoms with Gasteiger partial charge in [-0.25, -0.2) is 0 Å². The topological polar surface area (TPSA) is 94.0 Å². The molecule has 1 atom stereocenters. The molecule has 0 radical (unpaired) electrons. The van der Waals surface area contributed by atoms with E-state index >= 15 is 0 Å². The molecule has 0 fully saturated rings. The van der Waals surface area contributed by atoms with E-state index in [1.54, 1.807) is 0 Å². The summed E-state index contributed by atoms with van der Waals surface area (Å²) < 4.78 is 5.13. The maximum Gasteiger partial charge on any atom is 0.292 e. The molecular weight excluding hydrogens is 232 g/mol. The van der Waals surface area contributed by atoms with Crippen LogP contribution in [0, 0.1) is 5.41 Å². The lowest BCUT2D eigenvalue weighted by Crippen LogP contribution is -2.24. The second-order valence-corrected chi connectivity index (χ2v) is 5.51. The molecule has 1 amide bonds. The van der Waals surface area contributed by atoms with Crippen molar-refractivity contribution in [3.8, 4) is 0 Å². The molecule has 0 spiro atoms. The normalized spacial score (nSPS) is 13.4. The molecule has 0 aromatic carbocycles. The van der Waals surface area contributed by atoms with Crippen LogP contribution in [0.3, 0.4) is 0 Å². The summed E-state index contributed by atoms with van der Waals surface area (Å²) >= 11 is 0. The Hall–Kier alpha value is -1.43. The van der Waals surface area contributed by atoms with Gasteiger partial charge in [-0.15, -0.1) is 0 Å². The number of nitrogens with zero attached hydrogens (tertiary/aromatic N) is 2. The van der Waals surface area contributed by atoms with E-state index in [2.05, 4.69) is 36.2 Å². The molecule has 102 valence electrons. The van der Waals surface area contributed by atoms with E-state index in [0.717, 1.165) is 6.42 Å². The van der Waals surface area contributed by atoms with Crippen LogP contribution >= 0.6 is 0 Å². The minimum absolute atomic E-state index is 0.0133. The lowest BCUT2D eigenvalue weighted by molar-refractivity contribution is 0.0942. The summed E-state index contributed by atoms with van der Waals surface area (Å²) in [6.45, 7) is 9.16. The molecule has 6 heteroatoms. The second-order valence-electron chi connectivity index (χ2n) is 5.51. The number of aromatic nitrogens is 2. The summed E-state index contributed by atoms with van der Waals surface area (Å²) in [7, 11) is 0. The number of nitrogens with two attached hydrogens (primary N) is 1. The highest BCUT2D eigenvalue weighted by Gasteiger charge is 2.25. The minimum atomic E-state index is -0.320. The number of carbonyl (C=O) groups is 1. The number of carbonyl (C=O) groups excluding carboxylic acids is 1. The first kappa shape index (κ1) is 14.6. The van der Waals surface area contributed by atoms with Gasteiger partial charge in [0.15, 0.2) is 0 Å². The molecule has 0 aliphatic heterocycles. The number of amides is 1. The molecule has 1 aromatic heterocycles. The van der Waals surface area contributed by atoms with E-state index in [-0.39, 0.29) is 23.1 Å². The zero-order valence-corrected chi connectivity index (χ0v) is 11.5. The molecule has 1 rings (SSSR count). The maximum atomic E-state index is 11.5. The number of rotatable bonds is 5. The Bertz CT molecular complexity index is 395. The molecule has 1 unspecified atom stereocenters. The fraction of sp³-hybridized carbons (Fsp3) is 0.750. The molecule has 1 heterocycles. The third-order valence-electron chi connectivity index (χ3n) is 2.47. The summed E-state index contributed by atoms with van der Waals surface area (Å²) in [6, 6.07) is 0. The van der Waals surface area contributed by atoms with Crippen LogP contribution in [0.4, 0.5) is 0 Å². The molecule has 0 aliphatic rings. The number of nitrogens with one attached hydrogen (secondary N) is 1. The summed E-state index contributed by atoms with van der Waals surface area (Å²) in [4.78, 5) is 15.6. The Morgan fingerprint density at radius 1 is 1.50 bits per heavy atom. The third kappa shape index (κ3) is 4.10. The molecule has 0 bridgehead atoms. The van der Waals surface area contributed by atoms with Gasteiger partial charge in [0.05, 0.1) is 5.92 Å². The van der Waals surface area contributed by atoms with Crippen LogP contribution in [-0.2, 0) is 0 Å². The van der Waals surface area contributed by atoms with Crippen molar-refractivity contribution in [3.05, 3.63) is 11.7 Å². The van der Waals surface area contributed by atoms with Gasteiger partial charge in [-0.1, -0.05) is 25.9 Å². The van der Waals surface area contributed by atoms with Crippen molar-refractivity contribution in [1.29, 1.82) is 0 Å². The van der Waals surface area contributed by atoms with E-state index in [9.17, 15) is 4.79 Å². The van der Waals surface area contributed by atoms with Gasteiger partial charge in [-0.3, -0.25) is 4.79 Å². The van der Waals surface area contributed by atoms with Crippen LogP contribution in [0.5, 0.6) is 0 Å². The van der Waals surface area contributed by atoms with Crippen LogP contribution in [0.1, 0.15) is 56.5 Å². The van der Waals surface area contributed by atoms with Gasteiger partial charge in [0.25, 0.3) is 11.7 Å². The van der Waals surface area contributed by atoms with Gasteiger partial charge >= 0.3 is 0 Å². The van der Waals surface area contributed by atoms with E-state index < -0.39 is 0 Å². The average molecular weight is 254 g/mol. The standard InChI is InChI=1S/C12H22N4O2/c1-5-14-10(17)9-15-11(18-16-9)8(7-13)6-12(2,3)4/h8H,5-7,13H2,1-4H3,(H,14,17). The first-order valence-electron chi connectivity index (χ1n) is 6.19. The maximum absolute atomic E-state index is 11.5. The molecule has 0 saturated heterocycles. The molecular formula is C12H22N4O2. The number of hydrogen-bond acceptors (Lipinski definition) is 5. The Kier molecular flexibility index (Phi) is 4.84. The third-order valence-corrected chi connectivity index (χ3v) is 2.47. The van der Waals surface area contributed by atoms with Gasteiger partial charge in [0.1, 0.15) is 0 Å². The van der Waals surface area contributed by atoms with E-state index in [0.29, 0.717) is 19.0 Å². The van der Waals surface area contributed by atoms with E-state index in [1.807, 2.05) is 6.92 Å². The lowest BCUT2D eigenvalue weighted by atomic mass is 9.84. The Morgan fingerprint density at radius 3 is 2.67 bits per heavy atom. The summed E-state index contributed by atoms with van der Waals surface area (Å²) in [5.74, 6) is 0.174. The summed E-state index contributed by atoms with van der Waals surface area (Å²) in [5.41, 5.74) is 5.84. The Morgan fingerprint density at radius 2 is 2.17 bits per heavy atom. The van der Waals surface area contributed by atoms with Crippen molar-refractivity contribution in [2.45, 2.75) is 40.0 Å². The largest absolute Gasteiger partial charge is 0.349 e. The monoisotopic (exact) mass is 254 g/mol. The average Bonchev–Trinajstić information content (AvgIpc) is 2.74. The Labute approximate surface area is 107 Å². The van der Waals surface area contributed by atoms with Gasteiger partial charge in [0.2, 0.25) is 5.89 Å². The van der Waals surface area contributed by atoms with Crippen LogP contribution in [-0.4, -0.2) is 29.1 Å². The highest BCUT2D eigenvalue weighted by molar-refractivity contribution is 5.90. The zero-order valence-electron chi connectivity index (χ0n) is 11.5.